The van der Waals surface area contributed by atoms with Gasteiger partial charge >= 0.3 is 17.9 Å². The number of hydrogen-bond acceptors (Lipinski definition) is 7. The summed E-state index contributed by atoms with van der Waals surface area (Å²) in [5.74, 6) is -0.231. The van der Waals surface area contributed by atoms with Gasteiger partial charge in [-0.25, -0.2) is 0 Å². The maximum absolute atomic E-state index is 12.8. The van der Waals surface area contributed by atoms with Crippen molar-refractivity contribution in [3.8, 4) is 0 Å². The summed E-state index contributed by atoms with van der Waals surface area (Å²) in [5.41, 5.74) is -0.486. The van der Waals surface area contributed by atoms with E-state index < -0.39 is 5.60 Å². The highest BCUT2D eigenvalue weighted by atomic mass is 16.6. The van der Waals surface area contributed by atoms with Crippen LogP contribution in [0.4, 0.5) is 0 Å². The molecule has 0 spiro atoms. The zero-order valence-electron chi connectivity index (χ0n) is 37.8. The van der Waals surface area contributed by atoms with Gasteiger partial charge in [0.1, 0.15) is 11.7 Å². The molecule has 1 unspecified atom stereocenters. The van der Waals surface area contributed by atoms with Crippen LogP contribution in [-0.4, -0.2) is 60.3 Å². The number of ether oxygens (including phenoxy) is 3. The summed E-state index contributed by atoms with van der Waals surface area (Å²) in [7, 11) is 0. The highest BCUT2D eigenvalue weighted by Crippen LogP contribution is 2.19. The Hall–Kier alpha value is -1.63. The van der Waals surface area contributed by atoms with Crippen LogP contribution < -0.4 is 0 Å². The molecule has 0 aromatic heterocycles. The van der Waals surface area contributed by atoms with Crippen molar-refractivity contribution in [3.05, 3.63) is 0 Å². The van der Waals surface area contributed by atoms with E-state index in [-0.39, 0.29) is 30.1 Å². The number of carbonyl (C=O) groups is 3. The molecule has 0 saturated heterocycles. The van der Waals surface area contributed by atoms with Crippen LogP contribution in [0.2, 0.25) is 0 Å². The first-order chi connectivity index (χ1) is 26.5. The second-order valence-electron chi connectivity index (χ2n) is 17.6. The quantitative estimate of drug-likeness (QED) is 0.0348. The predicted octanol–water partition coefficient (Wildman–Crippen LogP) is 14.0. The zero-order valence-corrected chi connectivity index (χ0v) is 37.8. The van der Waals surface area contributed by atoms with Crippen LogP contribution in [0.15, 0.2) is 0 Å². The topological polar surface area (TPSA) is 82.1 Å². The molecule has 0 heterocycles. The Morgan fingerprint density at radius 2 is 0.818 bits per heavy atom. The third-order valence-corrected chi connectivity index (χ3v) is 10.6. The van der Waals surface area contributed by atoms with Gasteiger partial charge in [0.25, 0.3) is 0 Å². The zero-order chi connectivity index (χ0) is 40.8. The number of hydrogen-bond donors (Lipinski definition) is 0. The number of nitrogens with zero attached hydrogens (tertiary/aromatic N) is 1. The summed E-state index contributed by atoms with van der Waals surface area (Å²) >= 11 is 0. The molecule has 55 heavy (non-hydrogen) atoms. The summed E-state index contributed by atoms with van der Waals surface area (Å²) in [6, 6.07) is 0. The molecule has 0 amide bonds. The molecule has 0 fully saturated rings. The van der Waals surface area contributed by atoms with Crippen molar-refractivity contribution >= 4 is 17.9 Å². The van der Waals surface area contributed by atoms with Crippen molar-refractivity contribution in [2.45, 2.75) is 272 Å². The van der Waals surface area contributed by atoms with Crippen LogP contribution in [0.3, 0.4) is 0 Å². The first kappa shape index (κ1) is 53.4. The molecule has 0 rings (SSSR count). The number of carbonyl (C=O) groups excluding carboxylic acids is 3. The lowest BCUT2D eigenvalue weighted by Crippen LogP contribution is -2.36. The molecule has 0 bridgehead atoms. The van der Waals surface area contributed by atoms with Gasteiger partial charge in [0.05, 0.1) is 12.6 Å². The fraction of sp³-hybridized carbons (Fsp3) is 0.938. The Labute approximate surface area is 341 Å². The molecule has 0 aliphatic carbocycles. The third-order valence-electron chi connectivity index (χ3n) is 10.6. The van der Waals surface area contributed by atoms with Crippen LogP contribution in [0.1, 0.15) is 254 Å². The second kappa shape index (κ2) is 37.9. The summed E-state index contributed by atoms with van der Waals surface area (Å²) in [5, 5.41) is 0. The van der Waals surface area contributed by atoms with Crippen LogP contribution in [-0.2, 0) is 28.6 Å². The van der Waals surface area contributed by atoms with E-state index in [9.17, 15) is 14.4 Å². The molecular weight excluding hydrogens is 687 g/mol. The van der Waals surface area contributed by atoms with Crippen molar-refractivity contribution in [2.75, 3.05) is 19.6 Å². The Bertz CT molecular complexity index is 870. The monoisotopic (exact) mass is 780 g/mol. The molecule has 7 nitrogen and oxygen atoms in total. The largest absolute Gasteiger partial charge is 0.463 e. The molecular formula is C48H93NO6. The lowest BCUT2D eigenvalue weighted by Gasteiger charge is -2.25. The van der Waals surface area contributed by atoms with Crippen LogP contribution in [0.5, 0.6) is 0 Å². The van der Waals surface area contributed by atoms with Gasteiger partial charge in [-0.3, -0.25) is 19.3 Å². The minimum atomic E-state index is -0.486. The molecule has 1 atom stereocenters. The summed E-state index contributed by atoms with van der Waals surface area (Å²) < 4.78 is 17.3. The maximum Gasteiger partial charge on any atom is 0.320 e. The van der Waals surface area contributed by atoms with E-state index in [4.69, 9.17) is 14.2 Å². The van der Waals surface area contributed by atoms with E-state index >= 15 is 0 Å². The maximum atomic E-state index is 12.8. The van der Waals surface area contributed by atoms with E-state index in [0.717, 1.165) is 103 Å². The molecule has 0 aromatic carbocycles. The molecule has 0 aromatic rings. The lowest BCUT2D eigenvalue weighted by atomic mass is 10.0. The molecule has 7 heteroatoms. The van der Waals surface area contributed by atoms with Gasteiger partial charge in [-0.1, -0.05) is 149 Å². The van der Waals surface area contributed by atoms with Gasteiger partial charge in [0, 0.05) is 12.8 Å². The second-order valence-corrected chi connectivity index (χ2v) is 17.6. The molecule has 326 valence electrons. The summed E-state index contributed by atoms with van der Waals surface area (Å²) in [4.78, 5) is 40.0. The molecule has 0 N–H and O–H groups in total. The van der Waals surface area contributed by atoms with E-state index in [1.165, 1.54) is 103 Å². The summed E-state index contributed by atoms with van der Waals surface area (Å²) in [6.07, 6.45) is 35.8. The van der Waals surface area contributed by atoms with E-state index in [2.05, 4.69) is 25.7 Å². The average Bonchev–Trinajstić information content (AvgIpc) is 3.12. The van der Waals surface area contributed by atoms with Gasteiger partial charge in [0.2, 0.25) is 0 Å². The Morgan fingerprint density at radius 3 is 1.25 bits per heavy atom. The minimum absolute atomic E-state index is 0.0106. The van der Waals surface area contributed by atoms with Crippen LogP contribution in [0, 0.1) is 0 Å². The van der Waals surface area contributed by atoms with Gasteiger partial charge < -0.3 is 14.2 Å². The highest BCUT2D eigenvalue weighted by molar-refractivity contribution is 5.72. The van der Waals surface area contributed by atoms with Gasteiger partial charge in [-0.15, -0.1) is 0 Å². The first-order valence-corrected chi connectivity index (χ1v) is 23.8. The number of unbranched alkanes of at least 4 members (excludes halogenated alkanes) is 22. The van der Waals surface area contributed by atoms with Crippen molar-refractivity contribution < 1.29 is 28.6 Å². The standard InChI is InChI=1S/C48H93NO6/c1-8-11-14-17-22-29-36-44(37-30-23-18-15-12-9-2)54-46(51)39-32-25-20-27-34-41-49(42-47(52)55-48(5,6)7)40-33-26-19-24-31-38-45(50)53-43(4)35-28-21-16-13-10-3/h43-44H,8-42H2,1-7H3. The summed E-state index contributed by atoms with van der Waals surface area (Å²) in [6.45, 7) is 16.6. The fourth-order valence-corrected chi connectivity index (χ4v) is 7.29. The van der Waals surface area contributed by atoms with Crippen molar-refractivity contribution in [2.24, 2.45) is 0 Å². The van der Waals surface area contributed by atoms with Crippen LogP contribution in [0.25, 0.3) is 0 Å². The number of rotatable bonds is 40. The Kier molecular flexibility index (Phi) is 36.8. The van der Waals surface area contributed by atoms with E-state index in [1.807, 2.05) is 27.7 Å². The molecule has 0 aliphatic heterocycles. The van der Waals surface area contributed by atoms with E-state index in [0.29, 0.717) is 19.4 Å². The SMILES string of the molecule is CCCCCCCCC(CCCCCCCC)OC(=O)CCCCCCCN(CCCCCCCC(=O)OC(C)CCCCCCC)CC(=O)OC(C)(C)C. The van der Waals surface area contributed by atoms with Crippen LogP contribution >= 0.6 is 0 Å². The Morgan fingerprint density at radius 1 is 0.455 bits per heavy atom. The highest BCUT2D eigenvalue weighted by Gasteiger charge is 2.19. The van der Waals surface area contributed by atoms with Crippen molar-refractivity contribution in [3.63, 3.8) is 0 Å². The van der Waals surface area contributed by atoms with E-state index in [1.54, 1.807) is 0 Å². The minimum Gasteiger partial charge on any atom is -0.463 e. The van der Waals surface area contributed by atoms with Gasteiger partial charge in [-0.05, 0) is 105 Å². The molecule has 0 radical (unpaired) electrons. The van der Waals surface area contributed by atoms with Gasteiger partial charge in [0.15, 0.2) is 0 Å². The smallest absolute Gasteiger partial charge is 0.320 e. The van der Waals surface area contributed by atoms with Gasteiger partial charge in [-0.2, -0.15) is 0 Å². The first-order valence-electron chi connectivity index (χ1n) is 23.8. The van der Waals surface area contributed by atoms with Crippen molar-refractivity contribution in [1.29, 1.82) is 0 Å². The Balaban J connectivity index is 4.42. The van der Waals surface area contributed by atoms with Crippen molar-refractivity contribution in [1.82, 2.24) is 4.90 Å². The predicted molar refractivity (Wildman–Crippen MR) is 232 cm³/mol. The third kappa shape index (κ3) is 39.0. The molecule has 0 saturated carbocycles. The number of esters is 3. The fourth-order valence-electron chi connectivity index (χ4n) is 7.29. The molecule has 0 aliphatic rings. The normalized spacial score (nSPS) is 12.4. The lowest BCUT2D eigenvalue weighted by molar-refractivity contribution is -0.156. The average molecular weight is 780 g/mol.